The molecule has 0 saturated carbocycles. The monoisotopic (exact) mass is 423 g/mol. The number of likely N-dealkylation sites (N-methyl/N-ethyl adjacent to an activating group) is 1. The summed E-state index contributed by atoms with van der Waals surface area (Å²) in [6, 6.07) is 12.9. The SMILES string of the molecule is CCN1CCN(c2nc(-c3ccc(C4CC(O)CCO4)cc3)cc3ccsc23)CC1. The van der Waals surface area contributed by atoms with Gasteiger partial charge in [0.25, 0.3) is 0 Å². The van der Waals surface area contributed by atoms with Crippen molar-refractivity contribution in [3.05, 3.63) is 47.3 Å². The fourth-order valence-electron chi connectivity index (χ4n) is 4.48. The van der Waals surface area contributed by atoms with Crippen molar-refractivity contribution < 1.29 is 9.84 Å². The van der Waals surface area contributed by atoms with Gasteiger partial charge in [0, 0.05) is 44.8 Å². The summed E-state index contributed by atoms with van der Waals surface area (Å²) in [5.41, 5.74) is 3.27. The molecular weight excluding hydrogens is 394 g/mol. The number of nitrogens with zero attached hydrogens (tertiary/aromatic N) is 3. The Kier molecular flexibility index (Phi) is 5.74. The molecule has 5 nitrogen and oxygen atoms in total. The van der Waals surface area contributed by atoms with E-state index >= 15 is 0 Å². The normalized spacial score (nSPS) is 23.2. The number of aliphatic hydroxyl groups is 1. The van der Waals surface area contributed by atoms with Gasteiger partial charge in [0.15, 0.2) is 0 Å². The van der Waals surface area contributed by atoms with Gasteiger partial charge in [-0.15, -0.1) is 11.3 Å². The zero-order valence-corrected chi connectivity index (χ0v) is 18.3. The molecule has 0 aliphatic carbocycles. The topological polar surface area (TPSA) is 48.8 Å². The fourth-order valence-corrected chi connectivity index (χ4v) is 5.37. The lowest BCUT2D eigenvalue weighted by Crippen LogP contribution is -2.46. The van der Waals surface area contributed by atoms with Crippen LogP contribution in [0.25, 0.3) is 21.3 Å². The average molecular weight is 424 g/mol. The number of hydrogen-bond donors (Lipinski definition) is 1. The van der Waals surface area contributed by atoms with Gasteiger partial charge in [0.2, 0.25) is 0 Å². The van der Waals surface area contributed by atoms with Gasteiger partial charge in [0.1, 0.15) is 5.82 Å². The Labute approximate surface area is 181 Å². The molecule has 6 heteroatoms. The van der Waals surface area contributed by atoms with Crippen molar-refractivity contribution in [3.63, 3.8) is 0 Å². The molecule has 4 heterocycles. The minimum absolute atomic E-state index is 0.0134. The lowest BCUT2D eigenvalue weighted by atomic mass is 9.98. The van der Waals surface area contributed by atoms with E-state index in [9.17, 15) is 5.11 Å². The van der Waals surface area contributed by atoms with Crippen molar-refractivity contribution in [2.75, 3.05) is 44.2 Å². The van der Waals surface area contributed by atoms with E-state index in [4.69, 9.17) is 9.72 Å². The average Bonchev–Trinajstić information content (AvgIpc) is 3.27. The van der Waals surface area contributed by atoms with E-state index in [0.29, 0.717) is 13.0 Å². The fraction of sp³-hybridized carbons (Fsp3) is 0.458. The van der Waals surface area contributed by atoms with Crippen LogP contribution in [0.1, 0.15) is 31.4 Å². The Morgan fingerprint density at radius 3 is 2.67 bits per heavy atom. The molecule has 2 atom stereocenters. The zero-order valence-electron chi connectivity index (χ0n) is 17.5. The van der Waals surface area contributed by atoms with Gasteiger partial charge in [-0.2, -0.15) is 0 Å². The number of pyridine rings is 1. The Morgan fingerprint density at radius 2 is 1.93 bits per heavy atom. The van der Waals surface area contributed by atoms with Crippen LogP contribution in [0.2, 0.25) is 0 Å². The highest BCUT2D eigenvalue weighted by Crippen LogP contribution is 2.35. The molecule has 2 saturated heterocycles. The molecule has 0 amide bonds. The molecule has 1 N–H and O–H groups in total. The van der Waals surface area contributed by atoms with E-state index in [0.717, 1.165) is 61.8 Å². The molecule has 158 valence electrons. The van der Waals surface area contributed by atoms with Crippen LogP contribution >= 0.6 is 11.3 Å². The number of benzene rings is 1. The summed E-state index contributed by atoms with van der Waals surface area (Å²) in [6.45, 7) is 8.21. The van der Waals surface area contributed by atoms with Gasteiger partial charge < -0.3 is 19.6 Å². The maximum Gasteiger partial charge on any atom is 0.147 e. The van der Waals surface area contributed by atoms with Crippen molar-refractivity contribution in [3.8, 4) is 11.3 Å². The standard InChI is InChI=1S/C24H29N3O2S/c1-2-26-9-11-27(12-10-26)24-23-19(8-14-30-23)15-21(25-24)17-3-5-18(6-4-17)22-16-20(28)7-13-29-22/h3-6,8,14-15,20,22,28H,2,7,9-13,16H2,1H3. The molecule has 30 heavy (non-hydrogen) atoms. The second kappa shape index (κ2) is 8.63. The van der Waals surface area contributed by atoms with Crippen LogP contribution in [0.15, 0.2) is 41.8 Å². The van der Waals surface area contributed by atoms with E-state index in [1.807, 2.05) is 0 Å². The van der Waals surface area contributed by atoms with Gasteiger partial charge in [-0.1, -0.05) is 31.2 Å². The highest BCUT2D eigenvalue weighted by molar-refractivity contribution is 7.17. The summed E-state index contributed by atoms with van der Waals surface area (Å²) in [7, 11) is 0. The Balaban J connectivity index is 1.43. The molecule has 2 aromatic heterocycles. The minimum Gasteiger partial charge on any atom is -0.393 e. The third-order valence-corrected chi connectivity index (χ3v) is 7.30. The van der Waals surface area contributed by atoms with Crippen LogP contribution in [0, 0.1) is 0 Å². The first kappa shape index (κ1) is 19.9. The van der Waals surface area contributed by atoms with Crippen LogP contribution in [-0.2, 0) is 4.74 Å². The largest absolute Gasteiger partial charge is 0.393 e. The molecule has 2 aliphatic rings. The summed E-state index contributed by atoms with van der Waals surface area (Å²) in [5.74, 6) is 1.12. The van der Waals surface area contributed by atoms with Gasteiger partial charge >= 0.3 is 0 Å². The van der Waals surface area contributed by atoms with Crippen molar-refractivity contribution in [2.24, 2.45) is 0 Å². The first-order valence-corrected chi connectivity index (χ1v) is 11.8. The van der Waals surface area contributed by atoms with Crippen LogP contribution in [0.4, 0.5) is 5.82 Å². The second-order valence-corrected chi connectivity index (χ2v) is 9.17. The van der Waals surface area contributed by atoms with E-state index in [1.54, 1.807) is 11.3 Å². The number of ether oxygens (including phenoxy) is 1. The Bertz CT molecular complexity index is 995. The van der Waals surface area contributed by atoms with Crippen LogP contribution in [-0.4, -0.2) is 60.4 Å². The van der Waals surface area contributed by atoms with Gasteiger partial charge in [-0.05, 0) is 41.4 Å². The summed E-state index contributed by atoms with van der Waals surface area (Å²) in [5, 5.41) is 13.4. The van der Waals surface area contributed by atoms with E-state index < -0.39 is 0 Å². The second-order valence-electron chi connectivity index (χ2n) is 8.25. The van der Waals surface area contributed by atoms with Crippen molar-refractivity contribution >= 4 is 27.2 Å². The maximum atomic E-state index is 9.94. The van der Waals surface area contributed by atoms with Gasteiger partial charge in [0.05, 0.1) is 22.6 Å². The number of thiophene rings is 1. The number of piperazine rings is 1. The number of aromatic nitrogens is 1. The molecule has 2 aliphatic heterocycles. The summed E-state index contributed by atoms with van der Waals surface area (Å²) in [4.78, 5) is 10.1. The summed E-state index contributed by atoms with van der Waals surface area (Å²) < 4.78 is 7.14. The quantitative estimate of drug-likeness (QED) is 0.677. The van der Waals surface area contributed by atoms with Crippen molar-refractivity contribution in [1.82, 2.24) is 9.88 Å². The molecule has 1 aromatic carbocycles. The van der Waals surface area contributed by atoms with E-state index in [1.165, 1.54) is 10.1 Å². The molecule has 5 rings (SSSR count). The highest BCUT2D eigenvalue weighted by Gasteiger charge is 2.23. The summed E-state index contributed by atoms with van der Waals surface area (Å²) in [6.07, 6.45) is 1.13. The highest BCUT2D eigenvalue weighted by atomic mass is 32.1. The van der Waals surface area contributed by atoms with Gasteiger partial charge in [-0.3, -0.25) is 0 Å². The predicted molar refractivity (Wildman–Crippen MR) is 123 cm³/mol. The minimum atomic E-state index is -0.262. The third-order valence-electron chi connectivity index (χ3n) is 6.37. The van der Waals surface area contributed by atoms with Crippen LogP contribution in [0.5, 0.6) is 0 Å². The Morgan fingerprint density at radius 1 is 1.13 bits per heavy atom. The zero-order chi connectivity index (χ0) is 20.5. The maximum absolute atomic E-state index is 9.94. The summed E-state index contributed by atoms with van der Waals surface area (Å²) >= 11 is 1.78. The van der Waals surface area contributed by atoms with Crippen LogP contribution in [0.3, 0.4) is 0 Å². The number of anilines is 1. The van der Waals surface area contributed by atoms with Crippen molar-refractivity contribution in [2.45, 2.75) is 32.0 Å². The molecular formula is C24H29N3O2S. The lowest BCUT2D eigenvalue weighted by Gasteiger charge is -2.35. The first-order chi connectivity index (χ1) is 14.7. The molecule has 2 unspecified atom stereocenters. The number of rotatable bonds is 4. The number of hydrogen-bond acceptors (Lipinski definition) is 6. The van der Waals surface area contributed by atoms with E-state index in [-0.39, 0.29) is 12.2 Å². The van der Waals surface area contributed by atoms with Gasteiger partial charge in [-0.25, -0.2) is 4.98 Å². The predicted octanol–water partition coefficient (Wildman–Crippen LogP) is 4.32. The molecule has 0 bridgehead atoms. The number of fused-ring (bicyclic) bond motifs is 1. The number of aliphatic hydroxyl groups excluding tert-OH is 1. The molecule has 0 radical (unpaired) electrons. The molecule has 2 fully saturated rings. The van der Waals surface area contributed by atoms with Crippen LogP contribution < -0.4 is 4.90 Å². The molecule has 3 aromatic rings. The van der Waals surface area contributed by atoms with Crippen molar-refractivity contribution in [1.29, 1.82) is 0 Å². The third kappa shape index (κ3) is 3.97. The first-order valence-electron chi connectivity index (χ1n) is 11.0. The molecule has 0 spiro atoms. The Hall–Kier alpha value is -1.99. The smallest absolute Gasteiger partial charge is 0.147 e. The van der Waals surface area contributed by atoms with E-state index in [2.05, 4.69) is 58.5 Å². The lowest BCUT2D eigenvalue weighted by molar-refractivity contribution is -0.0447.